The molecule has 3 aromatic rings. The van der Waals surface area contributed by atoms with E-state index in [4.69, 9.17) is 11.1 Å². The fourth-order valence-corrected chi connectivity index (χ4v) is 1.80. The molecule has 0 saturated carbocycles. The van der Waals surface area contributed by atoms with Crippen LogP contribution in [0.15, 0.2) is 48.5 Å². The molecule has 4 heteroatoms. The van der Waals surface area contributed by atoms with Crippen molar-refractivity contribution < 1.29 is 0 Å². The molecule has 2 aromatic carbocycles. The minimum Gasteiger partial charge on any atom is -0.355 e. The molecular formula is C12H11N4+. The summed E-state index contributed by atoms with van der Waals surface area (Å²) in [5.74, 6) is 0. The van der Waals surface area contributed by atoms with E-state index in [1.165, 1.54) is 21.8 Å². The van der Waals surface area contributed by atoms with Gasteiger partial charge >= 0.3 is 0 Å². The number of fused-ring (bicyclic) bond motifs is 3. The molecule has 0 fully saturated rings. The molecule has 3 N–H and O–H groups in total. The van der Waals surface area contributed by atoms with Gasteiger partial charge in [0.25, 0.3) is 0 Å². The van der Waals surface area contributed by atoms with Crippen LogP contribution in [0.4, 0.5) is 0 Å². The highest BCUT2D eigenvalue weighted by molar-refractivity contribution is 6.06. The van der Waals surface area contributed by atoms with Gasteiger partial charge in [0.15, 0.2) is 0 Å². The maximum Gasteiger partial charge on any atom is 0.211 e. The first-order valence-corrected chi connectivity index (χ1v) is 4.85. The lowest BCUT2D eigenvalue weighted by Crippen LogP contribution is -1.62. The van der Waals surface area contributed by atoms with Gasteiger partial charge in [-0.25, -0.2) is 0 Å². The van der Waals surface area contributed by atoms with Crippen molar-refractivity contribution in [2.24, 2.45) is 0 Å². The van der Waals surface area contributed by atoms with Crippen molar-refractivity contribution in [3.8, 4) is 0 Å². The van der Waals surface area contributed by atoms with Crippen LogP contribution in [0.2, 0.25) is 0 Å². The molecule has 78 valence electrons. The van der Waals surface area contributed by atoms with Gasteiger partial charge in [-0.15, -0.1) is 0 Å². The smallest absolute Gasteiger partial charge is 0.211 e. The van der Waals surface area contributed by atoms with Crippen molar-refractivity contribution in [2.45, 2.75) is 0 Å². The molecule has 0 spiro atoms. The van der Waals surface area contributed by atoms with Crippen molar-refractivity contribution >= 4 is 21.8 Å². The summed E-state index contributed by atoms with van der Waals surface area (Å²) in [7, 11) is 0. The molecule has 16 heavy (non-hydrogen) atoms. The van der Waals surface area contributed by atoms with Crippen LogP contribution in [0.3, 0.4) is 0 Å². The van der Waals surface area contributed by atoms with E-state index < -0.39 is 0 Å². The molecule has 0 aliphatic heterocycles. The van der Waals surface area contributed by atoms with Crippen molar-refractivity contribution in [3.05, 3.63) is 48.5 Å². The lowest BCUT2D eigenvalue weighted by atomic mass is 10.2. The van der Waals surface area contributed by atoms with Crippen molar-refractivity contribution in [2.75, 3.05) is 0 Å². The van der Waals surface area contributed by atoms with Gasteiger partial charge in [-0.2, -0.15) is 0 Å². The Bertz CT molecular complexity index is 598. The molecule has 0 aliphatic rings. The lowest BCUT2D eigenvalue weighted by molar-refractivity contribution is 0.928. The topological polar surface area (TPSA) is 77.6 Å². The van der Waals surface area contributed by atoms with Crippen LogP contribution in [0.1, 0.15) is 0 Å². The number of nitrogens with zero attached hydrogens (tertiary/aromatic N) is 1. The van der Waals surface area contributed by atoms with E-state index in [0.29, 0.717) is 0 Å². The van der Waals surface area contributed by atoms with E-state index in [1.54, 1.807) is 0 Å². The summed E-state index contributed by atoms with van der Waals surface area (Å²) in [6.45, 7) is 0. The van der Waals surface area contributed by atoms with Gasteiger partial charge in [0.1, 0.15) is 11.1 Å². The molecule has 3 rings (SSSR count). The lowest BCUT2D eigenvalue weighted by Gasteiger charge is -1.87. The fraction of sp³-hybridized carbons (Fsp3) is 0. The Kier molecular flexibility index (Phi) is 2.76. The summed E-state index contributed by atoms with van der Waals surface area (Å²) in [4.78, 5) is 5.38. The average Bonchev–Trinajstić information content (AvgIpc) is 2.68. The largest absolute Gasteiger partial charge is 0.355 e. The van der Waals surface area contributed by atoms with Crippen LogP contribution in [0.5, 0.6) is 0 Å². The summed E-state index contributed by atoms with van der Waals surface area (Å²) in [6, 6.07) is 16.8. The van der Waals surface area contributed by atoms with Gasteiger partial charge in [0, 0.05) is 21.8 Å². The van der Waals surface area contributed by atoms with Crippen molar-refractivity contribution in [3.63, 3.8) is 0 Å². The van der Waals surface area contributed by atoms with Crippen LogP contribution < -0.4 is 4.91 Å². The second-order valence-corrected chi connectivity index (χ2v) is 3.33. The van der Waals surface area contributed by atoms with E-state index in [2.05, 4.69) is 53.5 Å². The zero-order chi connectivity index (χ0) is 11.4. The normalized spacial score (nSPS) is 9.50. The van der Waals surface area contributed by atoms with Crippen LogP contribution >= 0.6 is 0 Å². The average molecular weight is 211 g/mol. The standard InChI is InChI=1S/C12H9N.H2N3/c1-3-7-11-9(5-1)10-6-2-4-8-12(10)13-11;1-3-2/h1-8,13H;1-2H/q;+1. The maximum atomic E-state index is 5.50. The monoisotopic (exact) mass is 211 g/mol. The number of aromatic nitrogens is 1. The molecule has 0 aliphatic carbocycles. The highest BCUT2D eigenvalue weighted by atomic mass is 15.0. The van der Waals surface area contributed by atoms with Crippen LogP contribution in [0, 0.1) is 11.1 Å². The number of H-pyrrole nitrogens is 1. The number of hydrogen-bond donors (Lipinski definition) is 3. The number of para-hydroxylation sites is 2. The first-order valence-electron chi connectivity index (χ1n) is 4.85. The summed E-state index contributed by atoms with van der Waals surface area (Å²) < 4.78 is 0. The Morgan fingerprint density at radius 2 is 1.12 bits per heavy atom. The molecule has 0 radical (unpaired) electrons. The number of hydrogen-bond acceptors (Lipinski definition) is 2. The van der Waals surface area contributed by atoms with Crippen LogP contribution in [-0.4, -0.2) is 4.98 Å². The SMILES string of the molecule is N=[N+]=N.c1ccc2c(c1)[nH]c1ccccc12. The fourth-order valence-electron chi connectivity index (χ4n) is 1.80. The quantitative estimate of drug-likeness (QED) is 0.376. The highest BCUT2D eigenvalue weighted by Gasteiger charge is 2.00. The summed E-state index contributed by atoms with van der Waals surface area (Å²) in [5, 5.41) is 2.61. The number of nitrogens with one attached hydrogen (secondary N) is 3. The number of rotatable bonds is 0. The van der Waals surface area contributed by atoms with E-state index in [9.17, 15) is 0 Å². The Labute approximate surface area is 91.9 Å². The first kappa shape index (κ1) is 10.1. The van der Waals surface area contributed by atoms with Crippen molar-refractivity contribution in [1.29, 1.82) is 11.1 Å². The highest BCUT2D eigenvalue weighted by Crippen LogP contribution is 2.24. The minimum absolute atomic E-state index is 1.21. The van der Waals surface area contributed by atoms with Crippen LogP contribution in [-0.2, 0) is 0 Å². The van der Waals surface area contributed by atoms with Gasteiger partial charge in [-0.1, -0.05) is 36.4 Å². The van der Waals surface area contributed by atoms with E-state index in [-0.39, 0.29) is 0 Å². The Morgan fingerprint density at radius 3 is 1.56 bits per heavy atom. The zero-order valence-electron chi connectivity index (χ0n) is 8.57. The van der Waals surface area contributed by atoms with E-state index >= 15 is 0 Å². The Morgan fingerprint density at radius 1 is 0.750 bits per heavy atom. The molecule has 0 atom stereocenters. The predicted molar refractivity (Wildman–Crippen MR) is 63.4 cm³/mol. The summed E-state index contributed by atoms with van der Waals surface area (Å²) in [6.07, 6.45) is 0. The maximum absolute atomic E-state index is 5.50. The molecule has 0 amide bonds. The third kappa shape index (κ3) is 1.69. The van der Waals surface area contributed by atoms with Crippen molar-refractivity contribution in [1.82, 2.24) is 9.90 Å². The number of aromatic amines is 1. The Hall–Kier alpha value is -2.45. The minimum atomic E-state index is 1.21. The third-order valence-electron chi connectivity index (χ3n) is 2.41. The van der Waals surface area contributed by atoms with Crippen LogP contribution in [0.25, 0.3) is 21.8 Å². The Balaban J connectivity index is 0.000000292. The molecule has 0 bridgehead atoms. The van der Waals surface area contributed by atoms with E-state index in [1.807, 2.05) is 4.91 Å². The van der Waals surface area contributed by atoms with E-state index in [0.717, 1.165) is 0 Å². The molecule has 0 unspecified atom stereocenters. The molecule has 1 heterocycles. The number of benzene rings is 2. The predicted octanol–water partition coefficient (Wildman–Crippen LogP) is 3.44. The second-order valence-electron chi connectivity index (χ2n) is 3.33. The van der Waals surface area contributed by atoms with Gasteiger partial charge in [-0.05, 0) is 12.1 Å². The zero-order valence-corrected chi connectivity index (χ0v) is 8.57. The van der Waals surface area contributed by atoms with Gasteiger partial charge in [-0.3, -0.25) is 0 Å². The first-order chi connectivity index (χ1) is 7.86. The molecule has 4 nitrogen and oxygen atoms in total. The molecule has 1 aromatic heterocycles. The second kappa shape index (κ2) is 4.38. The molecule has 0 saturated heterocycles. The van der Waals surface area contributed by atoms with Gasteiger partial charge in [0.2, 0.25) is 4.91 Å². The third-order valence-corrected chi connectivity index (χ3v) is 2.41. The van der Waals surface area contributed by atoms with Gasteiger partial charge in [0.05, 0.1) is 0 Å². The summed E-state index contributed by atoms with van der Waals surface area (Å²) >= 11 is 0. The molecular weight excluding hydrogens is 200 g/mol. The van der Waals surface area contributed by atoms with Gasteiger partial charge < -0.3 is 4.98 Å². The summed E-state index contributed by atoms with van der Waals surface area (Å²) in [5.41, 5.74) is 13.4.